The Morgan fingerprint density at radius 2 is 1.92 bits per heavy atom. The quantitative estimate of drug-likeness (QED) is 0.670. The number of nitrogens with zero attached hydrogens (tertiary/aromatic N) is 1. The van der Waals surface area contributed by atoms with Gasteiger partial charge in [-0.15, -0.1) is 0 Å². The molecule has 0 aromatic heterocycles. The van der Waals surface area contributed by atoms with Gasteiger partial charge in [0.1, 0.15) is 5.75 Å². The maximum atomic E-state index is 12.3. The van der Waals surface area contributed by atoms with Crippen LogP contribution in [0.3, 0.4) is 0 Å². The van der Waals surface area contributed by atoms with E-state index in [2.05, 4.69) is 5.32 Å². The summed E-state index contributed by atoms with van der Waals surface area (Å²) in [6.07, 6.45) is -0.125. The third kappa shape index (κ3) is 7.24. The van der Waals surface area contributed by atoms with Gasteiger partial charge in [0, 0.05) is 13.1 Å². The SMILES string of the molecule is CCOc1ccccc1C(=O)NCC(=O)N(CCC(=O)O)CC(C)C. The van der Waals surface area contributed by atoms with Gasteiger partial charge in [-0.1, -0.05) is 26.0 Å². The van der Waals surface area contributed by atoms with Gasteiger partial charge in [-0.05, 0) is 25.0 Å². The largest absolute Gasteiger partial charge is 0.493 e. The molecule has 0 fully saturated rings. The van der Waals surface area contributed by atoms with Crippen LogP contribution in [0, 0.1) is 5.92 Å². The number of hydrogen-bond donors (Lipinski definition) is 2. The molecule has 1 aromatic rings. The Labute approximate surface area is 148 Å². The Bertz CT molecular complexity index is 601. The van der Waals surface area contributed by atoms with Crippen LogP contribution in [0.25, 0.3) is 0 Å². The minimum absolute atomic E-state index is 0.123. The van der Waals surface area contributed by atoms with Crippen molar-refractivity contribution >= 4 is 17.8 Å². The van der Waals surface area contributed by atoms with Gasteiger partial charge in [0.15, 0.2) is 0 Å². The van der Waals surface area contributed by atoms with Crippen molar-refractivity contribution in [3.05, 3.63) is 29.8 Å². The molecule has 0 saturated carbocycles. The maximum Gasteiger partial charge on any atom is 0.305 e. The second kappa shape index (κ2) is 10.3. The minimum Gasteiger partial charge on any atom is -0.493 e. The van der Waals surface area contributed by atoms with Gasteiger partial charge in [0.25, 0.3) is 5.91 Å². The average molecular weight is 350 g/mol. The first-order valence-electron chi connectivity index (χ1n) is 8.34. The number of amides is 2. The molecule has 25 heavy (non-hydrogen) atoms. The normalized spacial score (nSPS) is 10.4. The van der Waals surface area contributed by atoms with E-state index in [0.717, 1.165) is 0 Å². The fourth-order valence-electron chi connectivity index (χ4n) is 2.29. The zero-order valence-corrected chi connectivity index (χ0v) is 14.9. The first kappa shape index (κ1) is 20.5. The van der Waals surface area contributed by atoms with E-state index < -0.39 is 11.9 Å². The predicted octanol–water partition coefficient (Wildman–Crippen LogP) is 1.77. The highest BCUT2D eigenvalue weighted by Crippen LogP contribution is 2.17. The smallest absolute Gasteiger partial charge is 0.305 e. The van der Waals surface area contributed by atoms with Crippen LogP contribution in [0.15, 0.2) is 24.3 Å². The number of carboxylic acids is 1. The van der Waals surface area contributed by atoms with E-state index in [1.807, 2.05) is 20.8 Å². The standard InChI is InChI=1S/C18H26N2O5/c1-4-25-15-8-6-5-7-14(15)18(24)19-11-16(21)20(12-13(2)3)10-9-17(22)23/h5-8,13H,4,9-12H2,1-3H3,(H,19,24)(H,22,23). The Morgan fingerprint density at radius 1 is 1.24 bits per heavy atom. The number of hydrogen-bond acceptors (Lipinski definition) is 4. The zero-order valence-electron chi connectivity index (χ0n) is 14.9. The van der Waals surface area contributed by atoms with Crippen LogP contribution in [0.5, 0.6) is 5.75 Å². The monoisotopic (exact) mass is 350 g/mol. The van der Waals surface area contributed by atoms with Gasteiger partial charge < -0.3 is 20.1 Å². The number of carbonyl (C=O) groups excluding carboxylic acids is 2. The van der Waals surface area contributed by atoms with Gasteiger partial charge in [0.05, 0.1) is 25.1 Å². The van der Waals surface area contributed by atoms with Crippen molar-refractivity contribution in [1.82, 2.24) is 10.2 Å². The van der Waals surface area contributed by atoms with Crippen molar-refractivity contribution in [2.45, 2.75) is 27.2 Å². The first-order chi connectivity index (χ1) is 11.8. The number of nitrogens with one attached hydrogen (secondary N) is 1. The number of carboxylic acid groups (broad SMARTS) is 1. The highest BCUT2D eigenvalue weighted by Gasteiger charge is 2.18. The van der Waals surface area contributed by atoms with Gasteiger partial charge in [-0.2, -0.15) is 0 Å². The molecule has 2 N–H and O–H groups in total. The van der Waals surface area contributed by atoms with Gasteiger partial charge in [0.2, 0.25) is 5.91 Å². The summed E-state index contributed by atoms with van der Waals surface area (Å²) in [5, 5.41) is 11.4. The number of para-hydroxylation sites is 1. The lowest BCUT2D eigenvalue weighted by molar-refractivity contribution is -0.138. The molecule has 7 heteroatoms. The Hall–Kier alpha value is -2.57. The highest BCUT2D eigenvalue weighted by molar-refractivity contribution is 5.98. The number of rotatable bonds is 10. The number of ether oxygens (including phenoxy) is 1. The number of benzene rings is 1. The molecule has 1 aromatic carbocycles. The van der Waals surface area contributed by atoms with Crippen molar-refractivity contribution < 1.29 is 24.2 Å². The molecule has 1 rings (SSSR count). The zero-order chi connectivity index (χ0) is 18.8. The molecule has 0 saturated heterocycles. The molecule has 0 unspecified atom stereocenters. The van der Waals surface area contributed by atoms with Crippen LogP contribution in [0.1, 0.15) is 37.6 Å². The summed E-state index contributed by atoms with van der Waals surface area (Å²) in [6, 6.07) is 6.81. The van der Waals surface area contributed by atoms with Gasteiger partial charge >= 0.3 is 5.97 Å². The topological polar surface area (TPSA) is 95.9 Å². The van der Waals surface area contributed by atoms with Crippen LogP contribution in [-0.4, -0.2) is 54.0 Å². The predicted molar refractivity (Wildman–Crippen MR) is 93.6 cm³/mol. The maximum absolute atomic E-state index is 12.3. The minimum atomic E-state index is -0.962. The molecule has 0 aliphatic rings. The fourth-order valence-corrected chi connectivity index (χ4v) is 2.29. The number of carbonyl (C=O) groups is 3. The van der Waals surface area contributed by atoms with E-state index in [9.17, 15) is 14.4 Å². The lowest BCUT2D eigenvalue weighted by Crippen LogP contribution is -2.42. The Balaban J connectivity index is 2.68. The summed E-state index contributed by atoms with van der Waals surface area (Å²) in [5.74, 6) is -1.01. The molecule has 0 radical (unpaired) electrons. The molecule has 0 spiro atoms. The summed E-state index contributed by atoms with van der Waals surface area (Å²) in [4.78, 5) is 36.8. The summed E-state index contributed by atoms with van der Waals surface area (Å²) in [7, 11) is 0. The Kier molecular flexibility index (Phi) is 8.46. The lowest BCUT2D eigenvalue weighted by Gasteiger charge is -2.24. The van der Waals surface area contributed by atoms with E-state index in [4.69, 9.17) is 9.84 Å². The third-order valence-corrected chi connectivity index (χ3v) is 3.37. The fraction of sp³-hybridized carbons (Fsp3) is 0.500. The molecule has 0 aliphatic carbocycles. The average Bonchev–Trinajstić information content (AvgIpc) is 2.56. The molecule has 0 aliphatic heterocycles. The van der Waals surface area contributed by atoms with Crippen LogP contribution >= 0.6 is 0 Å². The lowest BCUT2D eigenvalue weighted by atomic mass is 10.2. The molecule has 2 amide bonds. The Morgan fingerprint density at radius 3 is 2.52 bits per heavy atom. The second-order valence-corrected chi connectivity index (χ2v) is 5.99. The van der Waals surface area contributed by atoms with Gasteiger partial charge in [-0.3, -0.25) is 14.4 Å². The molecular formula is C18H26N2O5. The van der Waals surface area contributed by atoms with Crippen molar-refractivity contribution in [2.24, 2.45) is 5.92 Å². The van der Waals surface area contributed by atoms with E-state index in [-0.39, 0.29) is 31.3 Å². The summed E-state index contributed by atoms with van der Waals surface area (Å²) < 4.78 is 5.41. The van der Waals surface area contributed by atoms with E-state index in [1.54, 1.807) is 24.3 Å². The molecule has 0 bridgehead atoms. The summed E-state index contributed by atoms with van der Waals surface area (Å²) >= 11 is 0. The van der Waals surface area contributed by atoms with Crippen LogP contribution in [0.2, 0.25) is 0 Å². The first-order valence-corrected chi connectivity index (χ1v) is 8.34. The van der Waals surface area contributed by atoms with E-state index in [1.165, 1.54) is 4.90 Å². The summed E-state index contributed by atoms with van der Waals surface area (Å²) in [5.41, 5.74) is 0.359. The molecule has 0 atom stereocenters. The third-order valence-electron chi connectivity index (χ3n) is 3.37. The molecule has 138 valence electrons. The van der Waals surface area contributed by atoms with Crippen molar-refractivity contribution in [3.8, 4) is 5.75 Å². The van der Waals surface area contributed by atoms with Gasteiger partial charge in [-0.25, -0.2) is 0 Å². The van der Waals surface area contributed by atoms with Crippen LogP contribution < -0.4 is 10.1 Å². The van der Waals surface area contributed by atoms with E-state index in [0.29, 0.717) is 24.5 Å². The van der Waals surface area contributed by atoms with Crippen molar-refractivity contribution in [2.75, 3.05) is 26.2 Å². The van der Waals surface area contributed by atoms with Crippen LogP contribution in [0.4, 0.5) is 0 Å². The van der Waals surface area contributed by atoms with Crippen molar-refractivity contribution in [3.63, 3.8) is 0 Å². The highest BCUT2D eigenvalue weighted by atomic mass is 16.5. The van der Waals surface area contributed by atoms with Crippen LogP contribution in [-0.2, 0) is 9.59 Å². The molecular weight excluding hydrogens is 324 g/mol. The molecule has 0 heterocycles. The van der Waals surface area contributed by atoms with E-state index >= 15 is 0 Å². The molecule has 7 nitrogen and oxygen atoms in total. The van der Waals surface area contributed by atoms with Crippen molar-refractivity contribution in [1.29, 1.82) is 0 Å². The summed E-state index contributed by atoms with van der Waals surface area (Å²) in [6.45, 7) is 6.52. The second-order valence-electron chi connectivity index (χ2n) is 5.99. The number of aliphatic carboxylic acids is 1.